The Kier molecular flexibility index (Phi) is 6.34. The van der Waals surface area contributed by atoms with E-state index in [-0.39, 0.29) is 11.3 Å². The summed E-state index contributed by atoms with van der Waals surface area (Å²) in [4.78, 5) is 27.0. The van der Waals surface area contributed by atoms with Gasteiger partial charge in [0.15, 0.2) is 0 Å². The number of fused-ring (bicyclic) bond motifs is 5. The summed E-state index contributed by atoms with van der Waals surface area (Å²) in [5.74, 6) is 3.31. The van der Waals surface area contributed by atoms with Gasteiger partial charge in [0.2, 0.25) is 5.91 Å². The number of aryl methyl sites for hydroxylation is 1. The average molecular weight is 466 g/mol. The third-order valence-electron chi connectivity index (χ3n) is 8.79. The summed E-state index contributed by atoms with van der Waals surface area (Å²) < 4.78 is 5.45. The molecule has 0 aliphatic heterocycles. The van der Waals surface area contributed by atoms with Gasteiger partial charge in [-0.3, -0.25) is 9.59 Å². The van der Waals surface area contributed by atoms with E-state index in [1.165, 1.54) is 16.0 Å². The summed E-state index contributed by atoms with van der Waals surface area (Å²) in [5, 5.41) is 5.16. The summed E-state index contributed by atoms with van der Waals surface area (Å²) in [6.45, 7) is 2.91. The van der Waals surface area contributed by atoms with Crippen molar-refractivity contribution >= 4 is 23.0 Å². The van der Waals surface area contributed by atoms with Crippen molar-refractivity contribution < 1.29 is 14.3 Å². The molecular weight excluding hydrogens is 430 g/mol. The zero-order valence-corrected chi connectivity index (χ0v) is 20.6. The second-order valence-corrected chi connectivity index (χ2v) is 11.5. The number of hydrogen-bond donors (Lipinski definition) is 1. The molecule has 1 amide bonds. The molecule has 4 nitrogen and oxygen atoms in total. The molecular formula is C28H35NO3S. The molecule has 5 atom stereocenters. The lowest BCUT2D eigenvalue weighted by Gasteiger charge is -2.50. The van der Waals surface area contributed by atoms with Crippen LogP contribution in [0.15, 0.2) is 35.7 Å². The number of methoxy groups -OCH3 is 1. The average Bonchev–Trinajstić information content (AvgIpc) is 3.43. The molecule has 0 radical (unpaired) electrons. The Morgan fingerprint density at radius 2 is 2.15 bits per heavy atom. The number of ketones is 1. The van der Waals surface area contributed by atoms with Crippen LogP contribution in [-0.4, -0.2) is 25.3 Å². The molecule has 1 aromatic carbocycles. The van der Waals surface area contributed by atoms with Crippen LogP contribution in [0.5, 0.6) is 5.75 Å². The molecule has 1 heterocycles. The zero-order chi connectivity index (χ0) is 23.0. The minimum atomic E-state index is -0.203. The first kappa shape index (κ1) is 22.6. The smallest absolute Gasteiger partial charge is 0.220 e. The molecule has 1 N–H and O–H groups in total. The first-order chi connectivity index (χ1) is 16.0. The van der Waals surface area contributed by atoms with Crippen LogP contribution in [0.1, 0.15) is 67.4 Å². The second-order valence-electron chi connectivity index (χ2n) is 10.5. The van der Waals surface area contributed by atoms with E-state index < -0.39 is 0 Å². The number of thiophene rings is 1. The van der Waals surface area contributed by atoms with E-state index in [2.05, 4.69) is 41.9 Å². The van der Waals surface area contributed by atoms with Crippen LogP contribution in [0.3, 0.4) is 0 Å². The lowest BCUT2D eigenvalue weighted by molar-refractivity contribution is -0.129. The van der Waals surface area contributed by atoms with E-state index in [0.29, 0.717) is 48.8 Å². The van der Waals surface area contributed by atoms with Gasteiger partial charge in [-0.05, 0) is 96.9 Å². The van der Waals surface area contributed by atoms with Gasteiger partial charge in [-0.2, -0.15) is 0 Å². The van der Waals surface area contributed by atoms with Gasteiger partial charge >= 0.3 is 0 Å². The van der Waals surface area contributed by atoms with Crippen LogP contribution in [-0.2, 0) is 22.4 Å². The molecule has 5 heteroatoms. The Hall–Kier alpha value is -2.14. The van der Waals surface area contributed by atoms with Crippen molar-refractivity contribution in [1.29, 1.82) is 0 Å². The molecule has 2 fully saturated rings. The fourth-order valence-electron chi connectivity index (χ4n) is 7.20. The van der Waals surface area contributed by atoms with Crippen molar-refractivity contribution in [2.75, 3.05) is 13.7 Å². The molecule has 0 saturated heterocycles. The number of rotatable bonds is 7. The van der Waals surface area contributed by atoms with Crippen LogP contribution in [0.2, 0.25) is 0 Å². The lowest BCUT2D eigenvalue weighted by Crippen LogP contribution is -2.44. The zero-order valence-electron chi connectivity index (χ0n) is 19.8. The highest BCUT2D eigenvalue weighted by Crippen LogP contribution is 2.62. The fraction of sp³-hybridized carbons (Fsp3) is 0.571. The minimum Gasteiger partial charge on any atom is -0.497 e. The van der Waals surface area contributed by atoms with Crippen LogP contribution in [0.4, 0.5) is 0 Å². The second kappa shape index (κ2) is 9.25. The van der Waals surface area contributed by atoms with Gasteiger partial charge in [0.25, 0.3) is 0 Å². The monoisotopic (exact) mass is 465 g/mol. The van der Waals surface area contributed by atoms with Gasteiger partial charge in [-0.25, -0.2) is 0 Å². The van der Waals surface area contributed by atoms with Crippen molar-refractivity contribution in [1.82, 2.24) is 5.32 Å². The highest BCUT2D eigenvalue weighted by atomic mass is 32.1. The number of benzene rings is 1. The topological polar surface area (TPSA) is 55.4 Å². The van der Waals surface area contributed by atoms with Crippen LogP contribution in [0.25, 0.3) is 0 Å². The largest absolute Gasteiger partial charge is 0.497 e. The number of carbonyl (C=O) groups is 2. The van der Waals surface area contributed by atoms with Gasteiger partial charge in [-0.15, -0.1) is 11.3 Å². The van der Waals surface area contributed by atoms with E-state index in [9.17, 15) is 9.59 Å². The number of amides is 1. The molecule has 0 spiro atoms. The maximum absolute atomic E-state index is 13.2. The van der Waals surface area contributed by atoms with Gasteiger partial charge in [0.1, 0.15) is 11.5 Å². The summed E-state index contributed by atoms with van der Waals surface area (Å²) in [6, 6.07) is 10.7. The first-order valence-corrected chi connectivity index (χ1v) is 13.4. The summed E-state index contributed by atoms with van der Waals surface area (Å²) in [7, 11) is 1.73. The third-order valence-corrected chi connectivity index (χ3v) is 9.73. The van der Waals surface area contributed by atoms with Crippen LogP contribution in [0, 0.1) is 23.2 Å². The standard InChI is InChI=1S/C28H35NO3S/c1-28-13-11-23-22-9-7-20(32-2)16-18(22)5-8-24(23)27(28)19(17-25(28)30)6-10-26(31)29-14-12-21-4-3-15-33-21/h3-4,7,9,15-16,19,23-24,27H,5-6,8,10-14,17H2,1-2H3,(H,29,31)/t19-,23-,24-,27+,28-/m1/s1. The van der Waals surface area contributed by atoms with Crippen molar-refractivity contribution in [2.24, 2.45) is 23.2 Å². The van der Waals surface area contributed by atoms with E-state index in [1.807, 2.05) is 6.07 Å². The highest BCUT2D eigenvalue weighted by molar-refractivity contribution is 7.09. The Labute approximate surface area is 201 Å². The lowest BCUT2D eigenvalue weighted by atomic mass is 9.54. The SMILES string of the molecule is COc1ccc2c(c1)CC[C@H]1[C@@H]3[C@H](CCC(=O)NCCc4cccs4)CC(=O)[C@@]3(C)CC[C@H]21. The molecule has 176 valence electrons. The highest BCUT2D eigenvalue weighted by Gasteiger charge is 2.58. The summed E-state index contributed by atoms with van der Waals surface area (Å²) in [5.41, 5.74) is 2.69. The van der Waals surface area contributed by atoms with E-state index in [0.717, 1.165) is 44.3 Å². The molecule has 0 bridgehead atoms. The Balaban J connectivity index is 1.26. The van der Waals surface area contributed by atoms with Crippen molar-refractivity contribution in [3.05, 3.63) is 51.7 Å². The van der Waals surface area contributed by atoms with Gasteiger partial charge in [-0.1, -0.05) is 19.1 Å². The van der Waals surface area contributed by atoms with E-state index in [4.69, 9.17) is 4.74 Å². The van der Waals surface area contributed by atoms with Crippen molar-refractivity contribution in [2.45, 2.75) is 64.2 Å². The Morgan fingerprint density at radius 3 is 2.94 bits per heavy atom. The molecule has 2 saturated carbocycles. The Morgan fingerprint density at radius 1 is 1.27 bits per heavy atom. The van der Waals surface area contributed by atoms with Crippen LogP contribution >= 0.6 is 11.3 Å². The van der Waals surface area contributed by atoms with E-state index in [1.54, 1.807) is 18.4 Å². The fourth-order valence-corrected chi connectivity index (χ4v) is 7.90. The predicted octanol–water partition coefficient (Wildman–Crippen LogP) is 5.55. The molecule has 1 aromatic heterocycles. The molecule has 3 aliphatic carbocycles. The minimum absolute atomic E-state index is 0.126. The normalized spacial score (nSPS) is 30.3. The number of Topliss-reactive ketones (excluding diaryl/α,β-unsaturated/α-hetero) is 1. The molecule has 33 heavy (non-hydrogen) atoms. The van der Waals surface area contributed by atoms with Crippen molar-refractivity contribution in [3.63, 3.8) is 0 Å². The number of nitrogens with one attached hydrogen (secondary N) is 1. The number of hydrogen-bond acceptors (Lipinski definition) is 4. The van der Waals surface area contributed by atoms with Gasteiger partial charge in [0.05, 0.1) is 7.11 Å². The predicted molar refractivity (Wildman–Crippen MR) is 132 cm³/mol. The maximum atomic E-state index is 13.2. The molecule has 2 aromatic rings. The van der Waals surface area contributed by atoms with Crippen LogP contribution < -0.4 is 10.1 Å². The first-order valence-electron chi connectivity index (χ1n) is 12.5. The number of ether oxygens (including phenoxy) is 1. The van der Waals surface area contributed by atoms with E-state index >= 15 is 0 Å². The van der Waals surface area contributed by atoms with Crippen molar-refractivity contribution in [3.8, 4) is 5.75 Å². The number of carbonyl (C=O) groups excluding carboxylic acids is 2. The molecule has 3 aliphatic rings. The third kappa shape index (κ3) is 4.25. The summed E-state index contributed by atoms with van der Waals surface area (Å²) >= 11 is 1.73. The summed E-state index contributed by atoms with van der Waals surface area (Å²) in [6.07, 6.45) is 7.18. The Bertz CT molecular complexity index is 1020. The molecule has 5 rings (SSSR count). The maximum Gasteiger partial charge on any atom is 0.220 e. The quantitative estimate of drug-likeness (QED) is 0.583. The van der Waals surface area contributed by atoms with Gasteiger partial charge in [0, 0.05) is 29.7 Å². The van der Waals surface area contributed by atoms with Gasteiger partial charge < -0.3 is 10.1 Å². The molecule has 0 unspecified atom stereocenters.